The maximum Gasteiger partial charge on any atom is 0.192 e. The van der Waals surface area contributed by atoms with Crippen LogP contribution in [0.3, 0.4) is 0 Å². The number of aromatic nitrogens is 2. The molecule has 0 saturated heterocycles. The summed E-state index contributed by atoms with van der Waals surface area (Å²) in [5.41, 5.74) is 10.4. The molecule has 86 valence electrons. The number of rotatable bonds is 1. The molecule has 0 fully saturated rings. The van der Waals surface area contributed by atoms with Crippen LogP contribution in [0.4, 0.5) is 5.69 Å². The van der Waals surface area contributed by atoms with Gasteiger partial charge in [-0.05, 0) is 19.9 Å². The minimum Gasteiger partial charge on any atom is -0.394 e. The highest BCUT2D eigenvalue weighted by Gasteiger charge is 2.18. The molecular weight excluding hydrogens is 214 g/mol. The standard InChI is InChI=1S/C13H13N3O/c1-7-11(13-12(14)8(2)16-17-13)9-5-3-4-6-10(9)15-7/h3-6,15H,14H2,1-2H3. The van der Waals surface area contributed by atoms with E-state index in [4.69, 9.17) is 10.3 Å². The molecular formula is C13H13N3O. The molecule has 0 saturated carbocycles. The molecule has 2 aromatic heterocycles. The molecule has 0 aliphatic rings. The van der Waals surface area contributed by atoms with Gasteiger partial charge in [-0.15, -0.1) is 0 Å². The van der Waals surface area contributed by atoms with E-state index in [2.05, 4.69) is 10.1 Å². The van der Waals surface area contributed by atoms with Crippen LogP contribution in [0.5, 0.6) is 0 Å². The second-order valence-corrected chi connectivity index (χ2v) is 4.18. The minimum atomic E-state index is 0.609. The zero-order valence-corrected chi connectivity index (χ0v) is 9.74. The van der Waals surface area contributed by atoms with Crippen molar-refractivity contribution in [1.29, 1.82) is 0 Å². The summed E-state index contributed by atoms with van der Waals surface area (Å²) in [4.78, 5) is 3.32. The SMILES string of the molecule is Cc1noc(-c2c(C)[nH]c3ccccc23)c1N. The smallest absolute Gasteiger partial charge is 0.192 e. The second kappa shape index (κ2) is 3.38. The fourth-order valence-electron chi connectivity index (χ4n) is 2.13. The third kappa shape index (κ3) is 1.34. The highest BCUT2D eigenvalue weighted by atomic mass is 16.5. The maximum absolute atomic E-state index is 5.98. The first kappa shape index (κ1) is 9.96. The summed E-state index contributed by atoms with van der Waals surface area (Å²) in [7, 11) is 0. The van der Waals surface area contributed by atoms with Crippen molar-refractivity contribution in [3.63, 3.8) is 0 Å². The minimum absolute atomic E-state index is 0.609. The number of nitrogens with zero attached hydrogens (tertiary/aromatic N) is 1. The fraction of sp³-hybridized carbons (Fsp3) is 0.154. The number of nitrogens with one attached hydrogen (secondary N) is 1. The highest BCUT2D eigenvalue weighted by Crippen LogP contribution is 2.36. The van der Waals surface area contributed by atoms with Gasteiger partial charge in [-0.3, -0.25) is 0 Å². The Bertz CT molecular complexity index is 694. The van der Waals surface area contributed by atoms with Crippen LogP contribution in [-0.4, -0.2) is 10.1 Å². The summed E-state index contributed by atoms with van der Waals surface area (Å²) >= 11 is 0. The van der Waals surface area contributed by atoms with E-state index in [0.717, 1.165) is 27.9 Å². The van der Waals surface area contributed by atoms with Gasteiger partial charge in [-0.25, -0.2) is 0 Å². The van der Waals surface area contributed by atoms with Crippen LogP contribution in [0.15, 0.2) is 28.8 Å². The number of aryl methyl sites for hydroxylation is 2. The van der Waals surface area contributed by atoms with Gasteiger partial charge in [0.15, 0.2) is 5.76 Å². The van der Waals surface area contributed by atoms with Gasteiger partial charge < -0.3 is 15.2 Å². The molecule has 3 rings (SSSR count). The van der Waals surface area contributed by atoms with Gasteiger partial charge >= 0.3 is 0 Å². The number of fused-ring (bicyclic) bond motifs is 1. The third-order valence-corrected chi connectivity index (χ3v) is 3.03. The Labute approximate surface area is 98.4 Å². The number of benzene rings is 1. The van der Waals surface area contributed by atoms with E-state index in [-0.39, 0.29) is 0 Å². The van der Waals surface area contributed by atoms with Gasteiger partial charge in [0.25, 0.3) is 0 Å². The van der Waals surface area contributed by atoms with Gasteiger partial charge in [0.05, 0.1) is 5.56 Å². The molecule has 3 aromatic rings. The average Bonchev–Trinajstić information content (AvgIpc) is 2.80. The van der Waals surface area contributed by atoms with Crippen LogP contribution in [0.1, 0.15) is 11.4 Å². The lowest BCUT2D eigenvalue weighted by molar-refractivity contribution is 0.427. The number of para-hydroxylation sites is 1. The molecule has 0 amide bonds. The third-order valence-electron chi connectivity index (χ3n) is 3.03. The summed E-state index contributed by atoms with van der Waals surface area (Å²) in [5, 5.41) is 5.01. The summed E-state index contributed by atoms with van der Waals surface area (Å²) in [6, 6.07) is 8.08. The Morgan fingerprint density at radius 1 is 1.24 bits per heavy atom. The molecule has 4 heteroatoms. The van der Waals surface area contributed by atoms with Crippen molar-refractivity contribution in [2.75, 3.05) is 5.73 Å². The van der Waals surface area contributed by atoms with Crippen molar-refractivity contribution in [3.05, 3.63) is 35.7 Å². The van der Waals surface area contributed by atoms with E-state index in [9.17, 15) is 0 Å². The van der Waals surface area contributed by atoms with E-state index >= 15 is 0 Å². The van der Waals surface area contributed by atoms with Crippen molar-refractivity contribution in [2.24, 2.45) is 0 Å². The van der Waals surface area contributed by atoms with E-state index < -0.39 is 0 Å². The zero-order chi connectivity index (χ0) is 12.0. The lowest BCUT2D eigenvalue weighted by Gasteiger charge is -1.97. The van der Waals surface area contributed by atoms with Crippen LogP contribution in [-0.2, 0) is 0 Å². The van der Waals surface area contributed by atoms with Crippen LogP contribution in [0.25, 0.3) is 22.2 Å². The number of nitrogens with two attached hydrogens (primary N) is 1. The van der Waals surface area contributed by atoms with E-state index in [0.29, 0.717) is 11.4 Å². The van der Waals surface area contributed by atoms with Crippen LogP contribution in [0, 0.1) is 13.8 Å². The maximum atomic E-state index is 5.98. The molecule has 2 heterocycles. The first-order chi connectivity index (χ1) is 8.18. The zero-order valence-electron chi connectivity index (χ0n) is 9.74. The molecule has 0 unspecified atom stereocenters. The molecule has 3 N–H and O–H groups in total. The highest BCUT2D eigenvalue weighted by molar-refractivity contribution is 5.98. The number of hydrogen-bond donors (Lipinski definition) is 2. The van der Waals surface area contributed by atoms with Crippen molar-refractivity contribution < 1.29 is 4.52 Å². The topological polar surface area (TPSA) is 67.8 Å². The van der Waals surface area contributed by atoms with Crippen molar-refractivity contribution >= 4 is 16.6 Å². The van der Waals surface area contributed by atoms with Crippen LogP contribution >= 0.6 is 0 Å². The first-order valence-electron chi connectivity index (χ1n) is 5.48. The molecule has 0 aliphatic heterocycles. The van der Waals surface area contributed by atoms with Gasteiger partial charge in [0.2, 0.25) is 0 Å². The van der Waals surface area contributed by atoms with E-state index in [1.54, 1.807) is 0 Å². The van der Waals surface area contributed by atoms with Crippen molar-refractivity contribution in [1.82, 2.24) is 10.1 Å². The van der Waals surface area contributed by atoms with Crippen LogP contribution < -0.4 is 5.73 Å². The largest absolute Gasteiger partial charge is 0.394 e. The predicted molar refractivity (Wildman–Crippen MR) is 67.7 cm³/mol. The number of aromatic amines is 1. The Morgan fingerprint density at radius 3 is 2.71 bits per heavy atom. The Hall–Kier alpha value is -2.23. The molecule has 0 aliphatic carbocycles. The number of nitrogen functional groups attached to an aromatic ring is 1. The number of hydrogen-bond acceptors (Lipinski definition) is 3. The molecule has 0 atom stereocenters. The van der Waals surface area contributed by atoms with Crippen molar-refractivity contribution in [3.8, 4) is 11.3 Å². The van der Waals surface area contributed by atoms with E-state index in [1.807, 2.05) is 38.1 Å². The predicted octanol–water partition coefficient (Wildman–Crippen LogP) is 3.02. The Balaban J connectivity index is 2.37. The quantitative estimate of drug-likeness (QED) is 0.671. The normalized spacial score (nSPS) is 11.2. The lowest BCUT2D eigenvalue weighted by atomic mass is 10.1. The average molecular weight is 227 g/mol. The lowest BCUT2D eigenvalue weighted by Crippen LogP contribution is -1.88. The molecule has 17 heavy (non-hydrogen) atoms. The Morgan fingerprint density at radius 2 is 2.00 bits per heavy atom. The number of H-pyrrole nitrogens is 1. The van der Waals surface area contributed by atoms with Gasteiger partial charge in [0.1, 0.15) is 11.4 Å². The van der Waals surface area contributed by atoms with Gasteiger partial charge in [-0.1, -0.05) is 23.4 Å². The van der Waals surface area contributed by atoms with Crippen molar-refractivity contribution in [2.45, 2.75) is 13.8 Å². The second-order valence-electron chi connectivity index (χ2n) is 4.18. The summed E-state index contributed by atoms with van der Waals surface area (Å²) < 4.78 is 5.33. The van der Waals surface area contributed by atoms with Crippen LogP contribution in [0.2, 0.25) is 0 Å². The van der Waals surface area contributed by atoms with E-state index in [1.165, 1.54) is 0 Å². The molecule has 4 nitrogen and oxygen atoms in total. The summed E-state index contributed by atoms with van der Waals surface area (Å²) in [6.45, 7) is 3.85. The number of anilines is 1. The molecule has 0 spiro atoms. The fourth-order valence-corrected chi connectivity index (χ4v) is 2.13. The molecule has 0 radical (unpaired) electrons. The van der Waals surface area contributed by atoms with Gasteiger partial charge in [0, 0.05) is 16.6 Å². The summed E-state index contributed by atoms with van der Waals surface area (Å²) in [5.74, 6) is 0.650. The summed E-state index contributed by atoms with van der Waals surface area (Å²) in [6.07, 6.45) is 0. The Kier molecular flexibility index (Phi) is 1.98. The monoisotopic (exact) mass is 227 g/mol. The van der Waals surface area contributed by atoms with Gasteiger partial charge in [-0.2, -0.15) is 0 Å². The molecule has 0 bridgehead atoms. The molecule has 1 aromatic carbocycles. The first-order valence-corrected chi connectivity index (χ1v) is 5.48.